The van der Waals surface area contributed by atoms with E-state index in [1.807, 2.05) is 0 Å². The number of aliphatic hydroxyl groups excluding tert-OH is 2. The van der Waals surface area contributed by atoms with Gasteiger partial charge in [0, 0.05) is 39.4 Å². The van der Waals surface area contributed by atoms with Crippen LogP contribution in [0.15, 0.2) is 0 Å². The molecule has 0 amide bonds. The molecule has 2 unspecified atom stereocenters. The number of aliphatic hydroxyl groups is 2. The van der Waals surface area contributed by atoms with E-state index in [2.05, 4.69) is 0 Å². The first kappa shape index (κ1) is 17.8. The molecule has 0 aromatic carbocycles. The van der Waals surface area contributed by atoms with Crippen LogP contribution in [0.25, 0.3) is 0 Å². The van der Waals surface area contributed by atoms with Gasteiger partial charge in [-0.1, -0.05) is 0 Å². The van der Waals surface area contributed by atoms with Crippen molar-refractivity contribution in [3.8, 4) is 0 Å². The molecule has 0 saturated carbocycles. The highest BCUT2D eigenvalue weighted by atomic mass is 16.4. The lowest BCUT2D eigenvalue weighted by Crippen LogP contribution is -2.46. The van der Waals surface area contributed by atoms with Crippen molar-refractivity contribution in [2.75, 3.05) is 39.4 Å². The SMILES string of the molecule is O=C(O)C(CCO)N1CCCN(C(CCO)C(=O)O)CC1. The van der Waals surface area contributed by atoms with Gasteiger partial charge in [0.05, 0.1) is 0 Å². The number of hydrogen-bond acceptors (Lipinski definition) is 6. The molecule has 0 bridgehead atoms. The Balaban J connectivity index is 2.67. The molecule has 21 heavy (non-hydrogen) atoms. The quantitative estimate of drug-likeness (QED) is 0.435. The number of hydrogen-bond donors (Lipinski definition) is 4. The van der Waals surface area contributed by atoms with Crippen molar-refractivity contribution in [3.63, 3.8) is 0 Å². The summed E-state index contributed by atoms with van der Waals surface area (Å²) in [6, 6.07) is -1.48. The maximum Gasteiger partial charge on any atom is 0.321 e. The van der Waals surface area contributed by atoms with Crippen molar-refractivity contribution in [1.29, 1.82) is 0 Å². The van der Waals surface area contributed by atoms with E-state index >= 15 is 0 Å². The molecule has 1 rings (SSSR count). The topological polar surface area (TPSA) is 122 Å². The summed E-state index contributed by atoms with van der Waals surface area (Å²) >= 11 is 0. The number of carboxylic acid groups (broad SMARTS) is 2. The van der Waals surface area contributed by atoms with E-state index in [0.29, 0.717) is 32.6 Å². The zero-order valence-corrected chi connectivity index (χ0v) is 12.0. The molecule has 1 aliphatic heterocycles. The molecule has 0 spiro atoms. The number of nitrogens with zero attached hydrogens (tertiary/aromatic N) is 2. The Morgan fingerprint density at radius 1 is 0.810 bits per heavy atom. The third-order valence-electron chi connectivity index (χ3n) is 3.82. The summed E-state index contributed by atoms with van der Waals surface area (Å²) in [5, 5.41) is 36.3. The zero-order valence-electron chi connectivity index (χ0n) is 12.0. The van der Waals surface area contributed by atoms with Crippen molar-refractivity contribution >= 4 is 11.9 Å². The first-order valence-electron chi connectivity index (χ1n) is 7.16. The average Bonchev–Trinajstić information content (AvgIpc) is 2.67. The first-order chi connectivity index (χ1) is 10.0. The molecule has 0 aliphatic carbocycles. The van der Waals surface area contributed by atoms with Crippen molar-refractivity contribution in [2.24, 2.45) is 0 Å². The van der Waals surface area contributed by atoms with Crippen LogP contribution in [-0.4, -0.2) is 93.6 Å². The third kappa shape index (κ3) is 5.24. The second-order valence-corrected chi connectivity index (χ2v) is 5.16. The lowest BCUT2D eigenvalue weighted by molar-refractivity contribution is -0.145. The maximum absolute atomic E-state index is 11.2. The Morgan fingerprint density at radius 3 is 1.48 bits per heavy atom. The molecule has 1 aliphatic rings. The van der Waals surface area contributed by atoms with E-state index in [1.54, 1.807) is 9.80 Å². The summed E-state index contributed by atoms with van der Waals surface area (Å²) in [5.41, 5.74) is 0. The average molecular weight is 304 g/mol. The van der Waals surface area contributed by atoms with Crippen LogP contribution >= 0.6 is 0 Å². The minimum Gasteiger partial charge on any atom is -0.480 e. The minimum atomic E-state index is -0.970. The van der Waals surface area contributed by atoms with Gasteiger partial charge in [-0.15, -0.1) is 0 Å². The van der Waals surface area contributed by atoms with Crippen molar-refractivity contribution in [2.45, 2.75) is 31.3 Å². The molecule has 0 aromatic heterocycles. The highest BCUT2D eigenvalue weighted by Crippen LogP contribution is 2.14. The van der Waals surface area contributed by atoms with E-state index in [0.717, 1.165) is 0 Å². The van der Waals surface area contributed by atoms with Crippen LogP contribution < -0.4 is 0 Å². The summed E-state index contributed by atoms with van der Waals surface area (Å²) in [7, 11) is 0. The fraction of sp³-hybridized carbons (Fsp3) is 0.846. The van der Waals surface area contributed by atoms with Crippen LogP contribution in [0, 0.1) is 0 Å². The fourth-order valence-corrected chi connectivity index (χ4v) is 2.75. The van der Waals surface area contributed by atoms with Crippen LogP contribution in [0.2, 0.25) is 0 Å². The van der Waals surface area contributed by atoms with Gasteiger partial charge in [-0.3, -0.25) is 19.4 Å². The summed E-state index contributed by atoms with van der Waals surface area (Å²) in [6.45, 7) is 1.59. The Hall–Kier alpha value is -1.22. The summed E-state index contributed by atoms with van der Waals surface area (Å²) in [4.78, 5) is 26.0. The Labute approximate surface area is 123 Å². The second-order valence-electron chi connectivity index (χ2n) is 5.16. The Morgan fingerprint density at radius 2 is 1.19 bits per heavy atom. The predicted octanol–water partition coefficient (Wildman–Crippen LogP) is -1.33. The highest BCUT2D eigenvalue weighted by Gasteiger charge is 2.31. The number of aliphatic carboxylic acids is 2. The van der Waals surface area contributed by atoms with E-state index in [-0.39, 0.29) is 26.1 Å². The lowest BCUT2D eigenvalue weighted by Gasteiger charge is -2.29. The lowest BCUT2D eigenvalue weighted by atomic mass is 10.1. The van der Waals surface area contributed by atoms with Crippen LogP contribution in [0.5, 0.6) is 0 Å². The first-order valence-corrected chi connectivity index (χ1v) is 7.16. The molecule has 0 radical (unpaired) electrons. The van der Waals surface area contributed by atoms with Gasteiger partial charge in [0.2, 0.25) is 0 Å². The number of carboxylic acids is 2. The van der Waals surface area contributed by atoms with Gasteiger partial charge in [-0.2, -0.15) is 0 Å². The largest absolute Gasteiger partial charge is 0.480 e. The normalized spacial score (nSPS) is 20.7. The zero-order chi connectivity index (χ0) is 15.8. The smallest absolute Gasteiger partial charge is 0.321 e. The van der Waals surface area contributed by atoms with Crippen LogP contribution in [0.3, 0.4) is 0 Å². The summed E-state index contributed by atoms with van der Waals surface area (Å²) in [6.07, 6.45) is 0.979. The van der Waals surface area contributed by atoms with E-state index in [4.69, 9.17) is 10.2 Å². The van der Waals surface area contributed by atoms with Gasteiger partial charge in [0.1, 0.15) is 12.1 Å². The molecule has 2 atom stereocenters. The van der Waals surface area contributed by atoms with Gasteiger partial charge >= 0.3 is 11.9 Å². The van der Waals surface area contributed by atoms with Gasteiger partial charge in [-0.25, -0.2) is 0 Å². The van der Waals surface area contributed by atoms with Gasteiger partial charge in [0.25, 0.3) is 0 Å². The van der Waals surface area contributed by atoms with Crippen LogP contribution in [0.4, 0.5) is 0 Å². The molecule has 1 saturated heterocycles. The number of rotatable bonds is 8. The van der Waals surface area contributed by atoms with Gasteiger partial charge in [0.15, 0.2) is 0 Å². The third-order valence-corrected chi connectivity index (χ3v) is 3.82. The van der Waals surface area contributed by atoms with Crippen molar-refractivity contribution in [3.05, 3.63) is 0 Å². The molecule has 1 heterocycles. The Kier molecular flexibility index (Phi) is 7.58. The second kappa shape index (κ2) is 8.93. The van der Waals surface area contributed by atoms with Crippen LogP contribution in [0.1, 0.15) is 19.3 Å². The molecule has 0 aromatic rings. The number of carbonyl (C=O) groups is 2. The molecule has 8 nitrogen and oxygen atoms in total. The summed E-state index contributed by atoms with van der Waals surface area (Å²) in [5.74, 6) is -1.94. The van der Waals surface area contributed by atoms with Crippen molar-refractivity contribution in [1.82, 2.24) is 9.80 Å². The van der Waals surface area contributed by atoms with Crippen LogP contribution in [-0.2, 0) is 9.59 Å². The molecule has 122 valence electrons. The maximum atomic E-state index is 11.2. The molecular weight excluding hydrogens is 280 g/mol. The van der Waals surface area contributed by atoms with E-state index < -0.39 is 24.0 Å². The monoisotopic (exact) mass is 304 g/mol. The highest BCUT2D eigenvalue weighted by molar-refractivity contribution is 5.74. The van der Waals surface area contributed by atoms with E-state index in [1.165, 1.54) is 0 Å². The Bertz CT molecular complexity index is 320. The molecule has 8 heteroatoms. The molecular formula is C13H24N2O6. The molecule has 1 fully saturated rings. The standard InChI is InChI=1S/C13H24N2O6/c16-8-2-10(12(18)19)14-4-1-5-15(7-6-14)11(3-9-17)13(20)21/h10-11,16-17H,1-9H2,(H,18,19)(H,20,21). The molecule has 4 N–H and O–H groups in total. The van der Waals surface area contributed by atoms with Gasteiger partial charge in [-0.05, 0) is 19.3 Å². The fourth-order valence-electron chi connectivity index (χ4n) is 2.75. The minimum absolute atomic E-state index is 0.161. The van der Waals surface area contributed by atoms with Crippen molar-refractivity contribution < 1.29 is 30.0 Å². The van der Waals surface area contributed by atoms with Gasteiger partial charge < -0.3 is 20.4 Å². The van der Waals surface area contributed by atoms with E-state index in [9.17, 15) is 19.8 Å². The predicted molar refractivity (Wildman–Crippen MR) is 74.0 cm³/mol. The summed E-state index contributed by atoms with van der Waals surface area (Å²) < 4.78 is 0.